The fourth-order valence-corrected chi connectivity index (χ4v) is 5.86. The molecule has 24 heavy (non-hydrogen) atoms. The first-order valence-electron chi connectivity index (χ1n) is 10.3. The van der Waals surface area contributed by atoms with Crippen LogP contribution in [0.4, 0.5) is 0 Å². The molecule has 0 bridgehead atoms. The Morgan fingerprint density at radius 2 is 1.83 bits per heavy atom. The van der Waals surface area contributed by atoms with Crippen molar-refractivity contribution < 1.29 is 9.90 Å². The molecule has 2 fully saturated rings. The Morgan fingerprint density at radius 1 is 1.21 bits per heavy atom. The molecule has 2 N–H and O–H groups in total. The predicted octanol–water partition coefficient (Wildman–Crippen LogP) is 4.68. The third-order valence-corrected chi connectivity index (χ3v) is 7.08. The lowest BCUT2D eigenvalue weighted by atomic mass is 9.52. The van der Waals surface area contributed by atoms with Crippen LogP contribution in [-0.4, -0.2) is 23.7 Å². The van der Waals surface area contributed by atoms with Crippen LogP contribution in [0.5, 0.6) is 0 Å². The number of hydrogen-bond donors (Lipinski definition) is 2. The van der Waals surface area contributed by atoms with Gasteiger partial charge in [0.05, 0.1) is 12.6 Å². The largest absolute Gasteiger partial charge is 0.394 e. The van der Waals surface area contributed by atoms with Gasteiger partial charge in [0.15, 0.2) is 0 Å². The molecule has 0 radical (unpaired) electrons. The highest BCUT2D eigenvalue weighted by Gasteiger charge is 2.51. The number of unbranched alkanes of at least 4 members (excludes halogenated alkanes) is 2. The summed E-state index contributed by atoms with van der Waals surface area (Å²) in [4.78, 5) is 12.5. The van der Waals surface area contributed by atoms with Gasteiger partial charge < -0.3 is 10.4 Å². The average Bonchev–Trinajstić information content (AvgIpc) is 2.65. The molecule has 1 aliphatic carbocycles. The summed E-state index contributed by atoms with van der Waals surface area (Å²) < 4.78 is 0. The number of carbonyl (C=O) groups excluding carboxylic acids is 1. The van der Waals surface area contributed by atoms with Crippen molar-refractivity contribution in [2.45, 2.75) is 97.9 Å². The molecule has 1 saturated carbocycles. The summed E-state index contributed by atoms with van der Waals surface area (Å²) in [7, 11) is 0. The topological polar surface area (TPSA) is 49.3 Å². The van der Waals surface area contributed by atoms with Gasteiger partial charge in [0, 0.05) is 5.92 Å². The zero-order valence-electron chi connectivity index (χ0n) is 16.4. The molecule has 0 unspecified atom stereocenters. The molecule has 3 nitrogen and oxygen atoms in total. The van der Waals surface area contributed by atoms with Crippen LogP contribution >= 0.6 is 0 Å². The number of fused-ring (bicyclic) bond motifs is 1. The van der Waals surface area contributed by atoms with E-state index in [0.29, 0.717) is 11.3 Å². The van der Waals surface area contributed by atoms with Crippen molar-refractivity contribution in [2.24, 2.45) is 22.7 Å². The quantitative estimate of drug-likeness (QED) is 0.709. The number of nitrogens with one attached hydrogen (secondary N) is 1. The molecule has 1 amide bonds. The number of hydrogen-bond acceptors (Lipinski definition) is 2. The van der Waals surface area contributed by atoms with Crippen LogP contribution in [0.2, 0.25) is 0 Å². The standard InChI is InChI=1S/C21H39NO2/c1-5-7-10-21(11-8-6-2)12-9-18-16(3)19(24)22-17(14-23)13-20(18,4)15-21/h16-18,23H,5-15H2,1-4H3,(H,22,24)/t16-,17-,18-,20+/m0/s1. The Morgan fingerprint density at radius 3 is 2.38 bits per heavy atom. The molecule has 0 aromatic heterocycles. The molecule has 1 aliphatic heterocycles. The summed E-state index contributed by atoms with van der Waals surface area (Å²) >= 11 is 0. The van der Waals surface area contributed by atoms with Crippen LogP contribution < -0.4 is 5.32 Å². The number of carbonyl (C=O) groups is 1. The van der Waals surface area contributed by atoms with Gasteiger partial charge in [-0.25, -0.2) is 0 Å². The van der Waals surface area contributed by atoms with Gasteiger partial charge in [-0.3, -0.25) is 4.79 Å². The van der Waals surface area contributed by atoms with Crippen molar-refractivity contribution in [3.63, 3.8) is 0 Å². The van der Waals surface area contributed by atoms with Crippen molar-refractivity contribution in [1.82, 2.24) is 5.32 Å². The Hall–Kier alpha value is -0.570. The fourth-order valence-electron chi connectivity index (χ4n) is 5.86. The Bertz CT molecular complexity index is 414. The summed E-state index contributed by atoms with van der Waals surface area (Å²) in [5.74, 6) is 0.685. The van der Waals surface area contributed by atoms with E-state index in [4.69, 9.17) is 0 Å². The Labute approximate surface area is 149 Å². The second kappa shape index (κ2) is 8.21. The Balaban J connectivity index is 2.25. The number of aliphatic hydroxyl groups excluding tert-OH is 1. The average molecular weight is 338 g/mol. The lowest BCUT2D eigenvalue weighted by Crippen LogP contribution is -2.44. The molecule has 0 aromatic carbocycles. The van der Waals surface area contributed by atoms with Gasteiger partial charge in [-0.1, -0.05) is 53.4 Å². The maximum absolute atomic E-state index is 12.5. The fraction of sp³-hybridized carbons (Fsp3) is 0.952. The normalized spacial score (nSPS) is 35.9. The lowest BCUT2D eigenvalue weighted by Gasteiger charge is -2.52. The van der Waals surface area contributed by atoms with E-state index in [1.807, 2.05) is 0 Å². The van der Waals surface area contributed by atoms with E-state index < -0.39 is 0 Å². The molecular formula is C21H39NO2. The lowest BCUT2D eigenvalue weighted by molar-refractivity contribution is -0.128. The third kappa shape index (κ3) is 4.15. The summed E-state index contributed by atoms with van der Waals surface area (Å²) in [6.07, 6.45) is 12.5. The molecule has 4 atom stereocenters. The van der Waals surface area contributed by atoms with Crippen molar-refractivity contribution in [3.05, 3.63) is 0 Å². The smallest absolute Gasteiger partial charge is 0.223 e. The van der Waals surface area contributed by atoms with Gasteiger partial charge >= 0.3 is 0 Å². The van der Waals surface area contributed by atoms with Crippen molar-refractivity contribution >= 4 is 5.91 Å². The van der Waals surface area contributed by atoms with Gasteiger partial charge in [0.1, 0.15) is 0 Å². The van der Waals surface area contributed by atoms with Crippen molar-refractivity contribution in [3.8, 4) is 0 Å². The number of rotatable bonds is 7. The van der Waals surface area contributed by atoms with E-state index in [-0.39, 0.29) is 29.9 Å². The minimum Gasteiger partial charge on any atom is -0.394 e. The Kier molecular flexibility index (Phi) is 6.75. The third-order valence-electron chi connectivity index (χ3n) is 7.08. The SMILES string of the molecule is CCCCC1(CCCC)CC[C@H]2[C@H](C)C(=O)N[C@H](CO)C[C@]2(C)C1. The molecule has 140 valence electrons. The molecule has 1 saturated heterocycles. The van der Waals surface area contributed by atoms with Crippen LogP contribution in [0.1, 0.15) is 91.9 Å². The van der Waals surface area contributed by atoms with Crippen molar-refractivity contribution in [2.75, 3.05) is 6.61 Å². The summed E-state index contributed by atoms with van der Waals surface area (Å²) in [5, 5.41) is 12.8. The first-order chi connectivity index (χ1) is 11.4. The molecule has 3 heteroatoms. The van der Waals surface area contributed by atoms with E-state index in [9.17, 15) is 9.90 Å². The first-order valence-corrected chi connectivity index (χ1v) is 10.3. The molecule has 0 spiro atoms. The highest BCUT2D eigenvalue weighted by Crippen LogP contribution is 2.58. The number of aliphatic hydroxyl groups is 1. The highest BCUT2D eigenvalue weighted by molar-refractivity contribution is 5.79. The van der Waals surface area contributed by atoms with Gasteiger partial charge in [0.25, 0.3) is 0 Å². The van der Waals surface area contributed by atoms with E-state index >= 15 is 0 Å². The van der Waals surface area contributed by atoms with Gasteiger partial charge in [-0.15, -0.1) is 0 Å². The van der Waals surface area contributed by atoms with Crippen molar-refractivity contribution in [1.29, 1.82) is 0 Å². The second-order valence-electron chi connectivity index (χ2n) is 9.06. The van der Waals surface area contributed by atoms with E-state index in [1.54, 1.807) is 0 Å². The first kappa shape index (κ1) is 19.8. The van der Waals surface area contributed by atoms with E-state index in [1.165, 1.54) is 57.8 Å². The maximum atomic E-state index is 12.5. The van der Waals surface area contributed by atoms with Gasteiger partial charge in [0.2, 0.25) is 5.91 Å². The van der Waals surface area contributed by atoms with Gasteiger partial charge in [-0.2, -0.15) is 0 Å². The molecule has 1 heterocycles. The van der Waals surface area contributed by atoms with Crippen LogP contribution in [0, 0.1) is 22.7 Å². The predicted molar refractivity (Wildman–Crippen MR) is 99.7 cm³/mol. The number of amides is 1. The van der Waals surface area contributed by atoms with Crippen LogP contribution in [0.3, 0.4) is 0 Å². The monoisotopic (exact) mass is 337 g/mol. The summed E-state index contributed by atoms with van der Waals surface area (Å²) in [5.41, 5.74) is 0.635. The van der Waals surface area contributed by atoms with E-state index in [0.717, 1.165) is 6.42 Å². The van der Waals surface area contributed by atoms with Crippen LogP contribution in [0.15, 0.2) is 0 Å². The minimum absolute atomic E-state index is 0.0666. The molecular weight excluding hydrogens is 298 g/mol. The highest BCUT2D eigenvalue weighted by atomic mass is 16.3. The zero-order chi connectivity index (χ0) is 17.8. The van der Waals surface area contributed by atoms with Crippen LogP contribution in [0.25, 0.3) is 0 Å². The summed E-state index contributed by atoms with van der Waals surface area (Å²) in [6.45, 7) is 9.15. The molecule has 2 aliphatic rings. The minimum atomic E-state index is -0.0666. The second-order valence-corrected chi connectivity index (χ2v) is 9.06. The molecule has 0 aromatic rings. The van der Waals surface area contributed by atoms with Gasteiger partial charge in [-0.05, 0) is 55.3 Å². The zero-order valence-corrected chi connectivity index (χ0v) is 16.4. The van der Waals surface area contributed by atoms with Crippen LogP contribution in [-0.2, 0) is 4.79 Å². The van der Waals surface area contributed by atoms with E-state index in [2.05, 4.69) is 33.0 Å². The molecule has 2 rings (SSSR count). The summed E-state index contributed by atoms with van der Waals surface area (Å²) in [6, 6.07) is -0.0666. The maximum Gasteiger partial charge on any atom is 0.223 e.